The predicted octanol–water partition coefficient (Wildman–Crippen LogP) is 0.0300. The van der Waals surface area contributed by atoms with Crippen molar-refractivity contribution >= 4 is 10.4 Å². The SMILES string of the molecule is [CH2]CCOS(=O)(=O)O. The third kappa shape index (κ3) is 5.87. The Morgan fingerprint density at radius 2 is 2.12 bits per heavy atom. The van der Waals surface area contributed by atoms with Crippen molar-refractivity contribution in [1.82, 2.24) is 0 Å². The first-order chi connectivity index (χ1) is 3.56. The molecule has 1 N–H and O–H groups in total. The lowest BCUT2D eigenvalue weighted by Gasteiger charge is -1.92. The minimum atomic E-state index is -4.23. The lowest BCUT2D eigenvalue weighted by atomic mass is 10.5. The summed E-state index contributed by atoms with van der Waals surface area (Å²) in [5.41, 5.74) is 0. The van der Waals surface area contributed by atoms with Crippen LogP contribution < -0.4 is 0 Å². The molecule has 0 amide bonds. The molecule has 0 bridgehead atoms. The molecule has 8 heavy (non-hydrogen) atoms. The average molecular weight is 139 g/mol. The molecule has 0 rings (SSSR count). The summed E-state index contributed by atoms with van der Waals surface area (Å²) in [7, 11) is -4.23. The minimum Gasteiger partial charge on any atom is -0.264 e. The Bertz CT molecular complexity index is 135. The molecule has 0 fully saturated rings. The number of rotatable bonds is 3. The van der Waals surface area contributed by atoms with E-state index in [0.717, 1.165) is 0 Å². The fourth-order valence-corrected chi connectivity index (χ4v) is 0.493. The van der Waals surface area contributed by atoms with Crippen LogP contribution in [0.2, 0.25) is 0 Å². The molecular formula is C3H7O4S. The summed E-state index contributed by atoms with van der Waals surface area (Å²) in [6.45, 7) is 3.22. The van der Waals surface area contributed by atoms with E-state index in [9.17, 15) is 8.42 Å². The third-order valence-corrected chi connectivity index (χ3v) is 0.841. The standard InChI is InChI=1S/C3H7O4S/c1-2-3-7-8(4,5)6/h1-3H2,(H,4,5,6). The van der Waals surface area contributed by atoms with Crippen molar-refractivity contribution in [3.63, 3.8) is 0 Å². The van der Waals surface area contributed by atoms with Crippen LogP contribution in [-0.4, -0.2) is 19.6 Å². The van der Waals surface area contributed by atoms with E-state index in [1.54, 1.807) is 0 Å². The van der Waals surface area contributed by atoms with E-state index >= 15 is 0 Å². The van der Waals surface area contributed by atoms with Crippen LogP contribution in [0.3, 0.4) is 0 Å². The molecule has 0 saturated heterocycles. The van der Waals surface area contributed by atoms with Crippen molar-refractivity contribution in [2.75, 3.05) is 6.61 Å². The Kier molecular flexibility index (Phi) is 2.96. The number of hydrogen-bond acceptors (Lipinski definition) is 3. The van der Waals surface area contributed by atoms with Crippen molar-refractivity contribution in [2.24, 2.45) is 0 Å². The Balaban J connectivity index is 3.42. The van der Waals surface area contributed by atoms with E-state index in [-0.39, 0.29) is 6.61 Å². The van der Waals surface area contributed by atoms with E-state index in [1.165, 1.54) is 0 Å². The molecule has 0 unspecified atom stereocenters. The molecule has 0 atom stereocenters. The van der Waals surface area contributed by atoms with Crippen LogP contribution >= 0.6 is 0 Å². The van der Waals surface area contributed by atoms with Gasteiger partial charge in [-0.2, -0.15) is 8.42 Å². The van der Waals surface area contributed by atoms with Gasteiger partial charge in [0.05, 0.1) is 6.61 Å². The van der Waals surface area contributed by atoms with Crippen molar-refractivity contribution in [3.05, 3.63) is 6.92 Å². The molecule has 0 aliphatic rings. The second kappa shape index (κ2) is 3.01. The molecule has 0 saturated carbocycles. The van der Waals surface area contributed by atoms with Crippen LogP contribution in [0.5, 0.6) is 0 Å². The Hall–Kier alpha value is -0.130. The van der Waals surface area contributed by atoms with Crippen LogP contribution in [0.25, 0.3) is 0 Å². The van der Waals surface area contributed by atoms with E-state index in [4.69, 9.17) is 4.55 Å². The molecular weight excluding hydrogens is 132 g/mol. The van der Waals surface area contributed by atoms with Crippen LogP contribution in [0.4, 0.5) is 0 Å². The molecule has 0 aromatic heterocycles. The zero-order valence-corrected chi connectivity index (χ0v) is 5.02. The Morgan fingerprint density at radius 1 is 1.62 bits per heavy atom. The molecule has 0 spiro atoms. The van der Waals surface area contributed by atoms with Gasteiger partial charge in [-0.25, -0.2) is 4.18 Å². The van der Waals surface area contributed by atoms with Gasteiger partial charge in [-0.1, -0.05) is 6.92 Å². The maximum Gasteiger partial charge on any atom is 0.397 e. The molecule has 5 heteroatoms. The highest BCUT2D eigenvalue weighted by molar-refractivity contribution is 7.80. The molecule has 0 heterocycles. The van der Waals surface area contributed by atoms with Gasteiger partial charge in [-0.05, 0) is 6.42 Å². The molecule has 0 aliphatic carbocycles. The molecule has 1 radical (unpaired) electrons. The molecule has 4 nitrogen and oxygen atoms in total. The summed E-state index contributed by atoms with van der Waals surface area (Å²) >= 11 is 0. The largest absolute Gasteiger partial charge is 0.397 e. The first-order valence-corrected chi connectivity index (χ1v) is 3.34. The van der Waals surface area contributed by atoms with Crippen molar-refractivity contribution < 1.29 is 17.2 Å². The zero-order valence-electron chi connectivity index (χ0n) is 4.20. The molecule has 0 aromatic rings. The van der Waals surface area contributed by atoms with E-state index in [2.05, 4.69) is 11.1 Å². The van der Waals surface area contributed by atoms with Gasteiger partial charge in [-0.3, -0.25) is 4.55 Å². The van der Waals surface area contributed by atoms with Gasteiger partial charge in [0.15, 0.2) is 0 Å². The molecule has 49 valence electrons. The van der Waals surface area contributed by atoms with Gasteiger partial charge in [0, 0.05) is 0 Å². The first kappa shape index (κ1) is 7.87. The smallest absolute Gasteiger partial charge is 0.264 e. The summed E-state index contributed by atoms with van der Waals surface area (Å²) in [4.78, 5) is 0. The highest BCUT2D eigenvalue weighted by Crippen LogP contribution is 1.86. The van der Waals surface area contributed by atoms with Gasteiger partial charge in [-0.15, -0.1) is 0 Å². The predicted molar refractivity (Wildman–Crippen MR) is 27.5 cm³/mol. The normalized spacial score (nSPS) is 11.8. The minimum absolute atomic E-state index is 0.0706. The quantitative estimate of drug-likeness (QED) is 0.560. The van der Waals surface area contributed by atoms with Gasteiger partial charge in [0.25, 0.3) is 0 Å². The van der Waals surface area contributed by atoms with Crippen LogP contribution in [0.15, 0.2) is 0 Å². The summed E-state index contributed by atoms with van der Waals surface area (Å²) in [5, 5.41) is 0. The monoisotopic (exact) mass is 139 g/mol. The number of hydrogen-bond donors (Lipinski definition) is 1. The van der Waals surface area contributed by atoms with Gasteiger partial charge in [0.2, 0.25) is 0 Å². The summed E-state index contributed by atoms with van der Waals surface area (Å²) in [6.07, 6.45) is 0.319. The molecule has 0 aliphatic heterocycles. The topological polar surface area (TPSA) is 63.6 Å². The lowest BCUT2D eigenvalue weighted by Crippen LogP contribution is -2.03. The maximum atomic E-state index is 9.70. The fourth-order valence-electron chi connectivity index (χ4n) is 0.164. The van der Waals surface area contributed by atoms with Crippen molar-refractivity contribution in [1.29, 1.82) is 0 Å². The lowest BCUT2D eigenvalue weighted by molar-refractivity contribution is 0.273. The Morgan fingerprint density at radius 3 is 2.25 bits per heavy atom. The second-order valence-corrected chi connectivity index (χ2v) is 2.19. The first-order valence-electron chi connectivity index (χ1n) is 1.97. The summed E-state index contributed by atoms with van der Waals surface area (Å²) < 4.78 is 31.1. The van der Waals surface area contributed by atoms with Gasteiger partial charge >= 0.3 is 10.4 Å². The fraction of sp³-hybridized carbons (Fsp3) is 0.667. The van der Waals surface area contributed by atoms with E-state index in [0.29, 0.717) is 6.42 Å². The van der Waals surface area contributed by atoms with E-state index < -0.39 is 10.4 Å². The Labute approximate surface area is 48.4 Å². The highest BCUT2D eigenvalue weighted by Gasteiger charge is 1.99. The summed E-state index contributed by atoms with van der Waals surface area (Å²) in [5.74, 6) is 0. The maximum absolute atomic E-state index is 9.70. The summed E-state index contributed by atoms with van der Waals surface area (Å²) in [6, 6.07) is 0. The van der Waals surface area contributed by atoms with Crippen molar-refractivity contribution in [3.8, 4) is 0 Å². The van der Waals surface area contributed by atoms with Crippen LogP contribution in [0, 0.1) is 6.92 Å². The van der Waals surface area contributed by atoms with Crippen LogP contribution in [0.1, 0.15) is 6.42 Å². The van der Waals surface area contributed by atoms with Crippen molar-refractivity contribution in [2.45, 2.75) is 6.42 Å². The third-order valence-electron chi connectivity index (χ3n) is 0.377. The zero-order chi connectivity index (χ0) is 6.62. The van der Waals surface area contributed by atoms with Gasteiger partial charge in [0.1, 0.15) is 0 Å². The van der Waals surface area contributed by atoms with Crippen LogP contribution in [-0.2, 0) is 14.6 Å². The average Bonchev–Trinajstić information content (AvgIpc) is 1.59. The highest BCUT2D eigenvalue weighted by atomic mass is 32.3. The molecule has 0 aromatic carbocycles. The second-order valence-electron chi connectivity index (χ2n) is 1.10. The van der Waals surface area contributed by atoms with E-state index in [1.807, 2.05) is 0 Å². The van der Waals surface area contributed by atoms with Gasteiger partial charge < -0.3 is 0 Å².